The normalized spacial score (nSPS) is 11.3. The van der Waals surface area contributed by atoms with Gasteiger partial charge in [0.25, 0.3) is 10.1 Å². The molecule has 0 aliphatic rings. The summed E-state index contributed by atoms with van der Waals surface area (Å²) in [5.41, 5.74) is 1.77. The van der Waals surface area contributed by atoms with Crippen LogP contribution in [0.15, 0.2) is 23.1 Å². The zero-order chi connectivity index (χ0) is 17.1. The zero-order valence-electron chi connectivity index (χ0n) is 16.7. The van der Waals surface area contributed by atoms with Crippen LogP contribution >= 0.6 is 0 Å². The molecule has 0 radical (unpaired) electrons. The van der Waals surface area contributed by atoms with Gasteiger partial charge < -0.3 is 1.43 Å². The maximum absolute atomic E-state index is 11.2. The monoisotopic (exact) mass is 364 g/mol. The molecule has 0 saturated carbocycles. The van der Waals surface area contributed by atoms with Crippen molar-refractivity contribution in [3.63, 3.8) is 0 Å². The summed E-state index contributed by atoms with van der Waals surface area (Å²) in [6.45, 7) is 3.98. The van der Waals surface area contributed by atoms with E-state index in [0.29, 0.717) is 5.56 Å². The molecule has 0 unspecified atom stereocenters. The molecular formula is C19H33NaO3S. The van der Waals surface area contributed by atoms with Crippen molar-refractivity contribution in [2.75, 3.05) is 0 Å². The summed E-state index contributed by atoms with van der Waals surface area (Å²) in [6.07, 6.45) is 14.1. The third-order valence-corrected chi connectivity index (χ3v) is 5.35. The molecule has 1 N–H and O–H groups in total. The summed E-state index contributed by atoms with van der Waals surface area (Å²) in [7, 11) is -4.09. The Kier molecular flexibility index (Phi) is 13.4. The first-order valence-corrected chi connectivity index (χ1v) is 10.5. The molecule has 0 saturated heterocycles. The van der Waals surface area contributed by atoms with E-state index in [1.54, 1.807) is 6.92 Å². The first kappa shape index (κ1) is 24.1. The molecule has 0 aliphatic heterocycles. The topological polar surface area (TPSA) is 54.4 Å². The third kappa shape index (κ3) is 10.2. The van der Waals surface area contributed by atoms with Crippen LogP contribution in [0.4, 0.5) is 0 Å². The summed E-state index contributed by atoms with van der Waals surface area (Å²) >= 11 is 0. The largest absolute Gasteiger partial charge is 1.00 e. The van der Waals surface area contributed by atoms with Crippen LogP contribution in [0.2, 0.25) is 0 Å². The van der Waals surface area contributed by atoms with E-state index in [1.807, 2.05) is 12.1 Å². The summed E-state index contributed by atoms with van der Waals surface area (Å²) in [5.74, 6) is 0. The minimum Gasteiger partial charge on any atom is -1.00 e. The van der Waals surface area contributed by atoms with Crippen LogP contribution in [-0.4, -0.2) is 13.0 Å². The minimum atomic E-state index is -4.09. The van der Waals surface area contributed by atoms with E-state index < -0.39 is 10.1 Å². The van der Waals surface area contributed by atoms with Gasteiger partial charge in [0.1, 0.15) is 0 Å². The van der Waals surface area contributed by atoms with Gasteiger partial charge in [-0.15, -0.1) is 0 Å². The predicted octanol–water partition coefficient (Wildman–Crippen LogP) is 2.82. The van der Waals surface area contributed by atoms with E-state index in [4.69, 9.17) is 4.55 Å². The molecule has 3 nitrogen and oxygen atoms in total. The van der Waals surface area contributed by atoms with Crippen LogP contribution in [0.5, 0.6) is 0 Å². The summed E-state index contributed by atoms with van der Waals surface area (Å²) in [4.78, 5) is 0.0179. The molecule has 0 aliphatic carbocycles. The van der Waals surface area contributed by atoms with E-state index in [9.17, 15) is 8.42 Å². The number of hydrogen-bond acceptors (Lipinski definition) is 2. The summed E-state index contributed by atoms with van der Waals surface area (Å²) in [6, 6.07) is 5.19. The van der Waals surface area contributed by atoms with Crippen molar-refractivity contribution in [2.45, 2.75) is 89.4 Å². The molecule has 1 rings (SSSR count). The molecule has 0 spiro atoms. The second-order valence-electron chi connectivity index (χ2n) is 6.51. The predicted molar refractivity (Wildman–Crippen MR) is 97.7 cm³/mol. The molecule has 0 amide bonds. The molecule has 1 aromatic rings. The fraction of sp³-hybridized carbons (Fsp3) is 0.684. The molecule has 0 aromatic heterocycles. The Bertz CT molecular complexity index is 562. The van der Waals surface area contributed by atoms with Crippen molar-refractivity contribution in [1.82, 2.24) is 0 Å². The van der Waals surface area contributed by atoms with Gasteiger partial charge in [-0.25, -0.2) is 0 Å². The quantitative estimate of drug-likeness (QED) is 0.352. The summed E-state index contributed by atoms with van der Waals surface area (Å²) < 4.78 is 31.4. The van der Waals surface area contributed by atoms with Gasteiger partial charge in [-0.3, -0.25) is 4.55 Å². The van der Waals surface area contributed by atoms with Gasteiger partial charge in [-0.05, 0) is 37.0 Å². The average Bonchev–Trinajstić information content (AvgIpc) is 2.48. The Balaban J connectivity index is 0. The van der Waals surface area contributed by atoms with Crippen molar-refractivity contribution < 1.29 is 44.0 Å². The molecule has 134 valence electrons. The van der Waals surface area contributed by atoms with Crippen molar-refractivity contribution in [3.8, 4) is 0 Å². The molecule has 1 aromatic carbocycles. The van der Waals surface area contributed by atoms with Crippen LogP contribution in [0.25, 0.3) is 0 Å². The molecule has 24 heavy (non-hydrogen) atoms. The Morgan fingerprint density at radius 3 is 1.88 bits per heavy atom. The van der Waals surface area contributed by atoms with Crippen LogP contribution in [0.1, 0.15) is 83.7 Å². The van der Waals surface area contributed by atoms with Crippen LogP contribution in [0.3, 0.4) is 0 Å². The standard InChI is InChI=1S/C19H32O3S.Na.H/c1-3-4-5-6-7-8-9-10-11-12-13-18-14-15-19(17(2)16-18)23(20,21)22;;/h14-16H,3-13H2,1-2H3,(H,20,21,22);;/q;+1;-1. The number of aryl methyl sites for hydroxylation is 2. The van der Waals surface area contributed by atoms with Crippen LogP contribution in [-0.2, 0) is 16.5 Å². The smallest absolute Gasteiger partial charge is 1.00 e. The Morgan fingerprint density at radius 2 is 1.42 bits per heavy atom. The van der Waals surface area contributed by atoms with Crippen molar-refractivity contribution in [3.05, 3.63) is 29.3 Å². The second-order valence-corrected chi connectivity index (χ2v) is 7.90. The number of unbranched alkanes of at least 4 members (excludes halogenated alkanes) is 9. The Hall–Kier alpha value is 0.130. The fourth-order valence-electron chi connectivity index (χ4n) is 2.97. The molecular weight excluding hydrogens is 331 g/mol. The minimum absolute atomic E-state index is 0. The molecule has 0 atom stereocenters. The van der Waals surface area contributed by atoms with Gasteiger partial charge in [0.2, 0.25) is 0 Å². The molecule has 0 fully saturated rings. The summed E-state index contributed by atoms with van der Waals surface area (Å²) in [5, 5.41) is 0. The fourth-order valence-corrected chi connectivity index (χ4v) is 3.68. The zero-order valence-corrected chi connectivity index (χ0v) is 18.5. The van der Waals surface area contributed by atoms with Gasteiger partial charge in [0.05, 0.1) is 4.90 Å². The molecule has 5 heteroatoms. The van der Waals surface area contributed by atoms with Crippen molar-refractivity contribution >= 4 is 10.1 Å². The number of benzene rings is 1. The average molecular weight is 365 g/mol. The molecule has 0 heterocycles. The SMILES string of the molecule is CCCCCCCCCCCCc1ccc(S(=O)(=O)O)c(C)c1.[H-].[Na+]. The van der Waals surface area contributed by atoms with Crippen molar-refractivity contribution in [1.29, 1.82) is 0 Å². The molecule has 0 bridgehead atoms. The van der Waals surface area contributed by atoms with Gasteiger partial charge in [-0.1, -0.05) is 76.8 Å². The Labute approximate surface area is 172 Å². The van der Waals surface area contributed by atoms with Crippen LogP contribution < -0.4 is 29.6 Å². The van der Waals surface area contributed by atoms with E-state index >= 15 is 0 Å². The maximum Gasteiger partial charge on any atom is 1.00 e. The Morgan fingerprint density at radius 1 is 0.917 bits per heavy atom. The first-order chi connectivity index (χ1) is 10.9. The first-order valence-electron chi connectivity index (χ1n) is 9.02. The van der Waals surface area contributed by atoms with Gasteiger partial charge in [0.15, 0.2) is 0 Å². The van der Waals surface area contributed by atoms with E-state index in [-0.39, 0.29) is 35.9 Å². The van der Waals surface area contributed by atoms with E-state index in [0.717, 1.165) is 18.4 Å². The number of rotatable bonds is 12. The third-order valence-electron chi connectivity index (χ3n) is 4.34. The van der Waals surface area contributed by atoms with Gasteiger partial charge in [-0.2, -0.15) is 8.42 Å². The second kappa shape index (κ2) is 13.3. The van der Waals surface area contributed by atoms with Crippen molar-refractivity contribution in [2.24, 2.45) is 0 Å². The van der Waals surface area contributed by atoms with Crippen LogP contribution in [0, 0.1) is 6.92 Å². The van der Waals surface area contributed by atoms with Gasteiger partial charge in [0, 0.05) is 0 Å². The maximum atomic E-state index is 11.2. The van der Waals surface area contributed by atoms with E-state index in [1.165, 1.54) is 63.9 Å². The van der Waals surface area contributed by atoms with E-state index in [2.05, 4.69) is 6.92 Å². The van der Waals surface area contributed by atoms with Gasteiger partial charge >= 0.3 is 29.6 Å². The number of hydrogen-bond donors (Lipinski definition) is 1.